The van der Waals surface area contributed by atoms with Gasteiger partial charge in [-0.2, -0.15) is 0 Å². The van der Waals surface area contributed by atoms with E-state index >= 15 is 0 Å². The second-order valence-electron chi connectivity index (χ2n) is 4.95. The molecule has 2 N–H and O–H groups in total. The molecule has 0 saturated carbocycles. The van der Waals surface area contributed by atoms with E-state index in [-0.39, 0.29) is 17.6 Å². The van der Waals surface area contributed by atoms with Crippen molar-refractivity contribution < 1.29 is 19.7 Å². The molecule has 0 bridgehead atoms. The van der Waals surface area contributed by atoms with E-state index in [2.05, 4.69) is 0 Å². The molecule has 4 nitrogen and oxygen atoms in total. The van der Waals surface area contributed by atoms with Gasteiger partial charge in [-0.05, 0) is 29.8 Å². The maximum atomic E-state index is 9.45. The molecule has 4 rings (SSSR count). The highest BCUT2D eigenvalue weighted by Gasteiger charge is 2.62. The van der Waals surface area contributed by atoms with Crippen LogP contribution in [-0.4, -0.2) is 16.8 Å². The molecule has 19 heavy (non-hydrogen) atoms. The molecule has 2 atom stereocenters. The molecule has 2 unspecified atom stereocenters. The Hall–Kier alpha value is -2.20. The molecule has 2 aromatic rings. The topological polar surface area (TPSA) is 62.2 Å². The highest BCUT2D eigenvalue weighted by molar-refractivity contribution is 5.49. The van der Waals surface area contributed by atoms with Crippen molar-refractivity contribution in [2.24, 2.45) is 0 Å². The Kier molecular flexibility index (Phi) is 1.93. The SMILES string of the molecule is Oc1ccc(C23COc4cc(O)ccc4C2O3)cc1. The number of hydrogen-bond acceptors (Lipinski definition) is 4. The first-order valence-electron chi connectivity index (χ1n) is 6.12. The molecule has 0 aliphatic carbocycles. The Bertz CT molecular complexity index is 650. The molecular formula is C15H12O4. The number of rotatable bonds is 1. The van der Waals surface area contributed by atoms with Gasteiger partial charge >= 0.3 is 0 Å². The minimum absolute atomic E-state index is 0.0404. The number of epoxide rings is 1. The summed E-state index contributed by atoms with van der Waals surface area (Å²) >= 11 is 0. The summed E-state index contributed by atoms with van der Waals surface area (Å²) in [5.41, 5.74) is 1.50. The first-order valence-corrected chi connectivity index (χ1v) is 6.12. The van der Waals surface area contributed by atoms with Crippen molar-refractivity contribution >= 4 is 0 Å². The number of phenols is 2. The quantitative estimate of drug-likeness (QED) is 0.769. The first kappa shape index (κ1) is 10.7. The fourth-order valence-corrected chi connectivity index (χ4v) is 2.70. The molecule has 96 valence electrons. The van der Waals surface area contributed by atoms with Gasteiger partial charge < -0.3 is 19.7 Å². The predicted molar refractivity (Wildman–Crippen MR) is 67.2 cm³/mol. The van der Waals surface area contributed by atoms with Crippen LogP contribution in [0.5, 0.6) is 17.2 Å². The molecular weight excluding hydrogens is 244 g/mol. The third kappa shape index (κ3) is 1.43. The molecule has 1 fully saturated rings. The van der Waals surface area contributed by atoms with Gasteiger partial charge in [-0.25, -0.2) is 0 Å². The van der Waals surface area contributed by atoms with Gasteiger partial charge in [0.05, 0.1) is 0 Å². The fraction of sp³-hybridized carbons (Fsp3) is 0.200. The molecule has 0 aromatic heterocycles. The van der Waals surface area contributed by atoms with Gasteiger partial charge in [-0.1, -0.05) is 12.1 Å². The van der Waals surface area contributed by atoms with Crippen molar-refractivity contribution in [2.45, 2.75) is 11.7 Å². The Balaban J connectivity index is 1.74. The van der Waals surface area contributed by atoms with Crippen molar-refractivity contribution in [2.75, 3.05) is 6.61 Å². The normalized spacial score (nSPS) is 27.1. The Morgan fingerprint density at radius 2 is 1.74 bits per heavy atom. The third-order valence-electron chi connectivity index (χ3n) is 3.77. The number of phenolic OH excluding ortho intramolecular Hbond substituents is 2. The molecule has 2 aliphatic rings. The fourth-order valence-electron chi connectivity index (χ4n) is 2.70. The summed E-state index contributed by atoms with van der Waals surface area (Å²) in [6.07, 6.45) is -0.0404. The maximum absolute atomic E-state index is 9.45. The number of ether oxygens (including phenoxy) is 2. The maximum Gasteiger partial charge on any atom is 0.158 e. The van der Waals surface area contributed by atoms with Gasteiger partial charge in [-0.15, -0.1) is 0 Å². The molecule has 2 aliphatic heterocycles. The lowest BCUT2D eigenvalue weighted by atomic mass is 9.90. The van der Waals surface area contributed by atoms with Gasteiger partial charge in [0, 0.05) is 11.6 Å². The molecule has 4 heteroatoms. The highest BCUT2D eigenvalue weighted by atomic mass is 16.6. The van der Waals surface area contributed by atoms with Gasteiger partial charge in [0.25, 0.3) is 0 Å². The Morgan fingerprint density at radius 3 is 2.53 bits per heavy atom. The van der Waals surface area contributed by atoms with Gasteiger partial charge in [0.2, 0.25) is 0 Å². The zero-order valence-corrected chi connectivity index (χ0v) is 10.0. The van der Waals surface area contributed by atoms with Crippen LogP contribution >= 0.6 is 0 Å². The van der Waals surface area contributed by atoms with E-state index in [4.69, 9.17) is 9.47 Å². The molecule has 0 spiro atoms. The van der Waals surface area contributed by atoms with Crippen LogP contribution in [0.25, 0.3) is 0 Å². The summed E-state index contributed by atoms with van der Waals surface area (Å²) in [6, 6.07) is 12.1. The van der Waals surface area contributed by atoms with Crippen molar-refractivity contribution in [1.82, 2.24) is 0 Å². The van der Waals surface area contributed by atoms with Crippen LogP contribution in [0.2, 0.25) is 0 Å². The lowest BCUT2D eigenvalue weighted by Gasteiger charge is -2.21. The number of hydrogen-bond donors (Lipinski definition) is 2. The largest absolute Gasteiger partial charge is 0.508 e. The van der Waals surface area contributed by atoms with E-state index in [1.54, 1.807) is 24.3 Å². The zero-order valence-electron chi connectivity index (χ0n) is 10.0. The summed E-state index contributed by atoms with van der Waals surface area (Å²) < 4.78 is 11.6. The van der Waals surface area contributed by atoms with E-state index in [9.17, 15) is 10.2 Å². The monoisotopic (exact) mass is 256 g/mol. The first-order chi connectivity index (χ1) is 9.19. The van der Waals surface area contributed by atoms with Crippen LogP contribution in [-0.2, 0) is 10.3 Å². The van der Waals surface area contributed by atoms with Gasteiger partial charge in [0.1, 0.15) is 30.0 Å². The predicted octanol–water partition coefficient (Wildman–Crippen LogP) is 2.46. The second-order valence-corrected chi connectivity index (χ2v) is 4.95. The molecule has 2 heterocycles. The summed E-state index contributed by atoms with van der Waals surface area (Å²) in [5.74, 6) is 1.10. The van der Waals surface area contributed by atoms with E-state index in [0.717, 1.165) is 11.1 Å². The van der Waals surface area contributed by atoms with Crippen LogP contribution in [0.15, 0.2) is 42.5 Å². The summed E-state index contributed by atoms with van der Waals surface area (Å²) in [6.45, 7) is 0.416. The molecule has 1 saturated heterocycles. The smallest absolute Gasteiger partial charge is 0.158 e. The van der Waals surface area contributed by atoms with E-state index in [1.165, 1.54) is 0 Å². The van der Waals surface area contributed by atoms with Crippen LogP contribution in [0.3, 0.4) is 0 Å². The van der Waals surface area contributed by atoms with Crippen LogP contribution in [0, 0.1) is 0 Å². The summed E-state index contributed by atoms with van der Waals surface area (Å²) in [7, 11) is 0. The molecule has 0 radical (unpaired) electrons. The molecule has 2 aromatic carbocycles. The Labute approximate surface area is 109 Å². The van der Waals surface area contributed by atoms with Crippen LogP contribution < -0.4 is 4.74 Å². The average Bonchev–Trinajstić information content (AvgIpc) is 3.15. The number of aromatic hydroxyl groups is 2. The van der Waals surface area contributed by atoms with Crippen molar-refractivity contribution in [3.63, 3.8) is 0 Å². The van der Waals surface area contributed by atoms with E-state index in [0.29, 0.717) is 12.4 Å². The summed E-state index contributed by atoms with van der Waals surface area (Å²) in [4.78, 5) is 0. The molecule has 0 amide bonds. The summed E-state index contributed by atoms with van der Waals surface area (Å²) in [5, 5.41) is 18.8. The van der Waals surface area contributed by atoms with Gasteiger partial charge in [0.15, 0.2) is 5.60 Å². The zero-order chi connectivity index (χ0) is 13.0. The number of fused-ring (bicyclic) bond motifs is 3. The average molecular weight is 256 g/mol. The van der Waals surface area contributed by atoms with E-state index < -0.39 is 5.60 Å². The van der Waals surface area contributed by atoms with Crippen LogP contribution in [0.4, 0.5) is 0 Å². The van der Waals surface area contributed by atoms with Crippen molar-refractivity contribution in [3.05, 3.63) is 53.6 Å². The highest BCUT2D eigenvalue weighted by Crippen LogP contribution is 2.61. The van der Waals surface area contributed by atoms with E-state index in [1.807, 2.05) is 18.2 Å². The standard InChI is InChI=1S/C15H12O4/c16-10-3-1-9(2-4-10)15-8-18-13-7-11(17)5-6-12(13)14(15)19-15/h1-7,14,16-17H,8H2. The third-order valence-corrected chi connectivity index (χ3v) is 3.77. The second kappa shape index (κ2) is 3.42. The lowest BCUT2D eigenvalue weighted by molar-refractivity contribution is 0.191. The van der Waals surface area contributed by atoms with Crippen molar-refractivity contribution in [3.8, 4) is 17.2 Å². The minimum Gasteiger partial charge on any atom is -0.508 e. The Morgan fingerprint density at radius 1 is 1.00 bits per heavy atom. The van der Waals surface area contributed by atoms with Crippen LogP contribution in [0.1, 0.15) is 17.2 Å². The number of benzene rings is 2. The lowest BCUT2D eigenvalue weighted by Crippen LogP contribution is -2.24. The van der Waals surface area contributed by atoms with Crippen molar-refractivity contribution in [1.29, 1.82) is 0 Å². The minimum atomic E-state index is -0.447. The van der Waals surface area contributed by atoms with Gasteiger partial charge in [-0.3, -0.25) is 0 Å².